The highest BCUT2D eigenvalue weighted by Crippen LogP contribution is 2.36. The Labute approximate surface area is 241 Å². The largest absolute Gasteiger partial charge is 0.456 e. The molecule has 0 bridgehead atoms. The summed E-state index contributed by atoms with van der Waals surface area (Å²) in [7, 11) is 0. The van der Waals surface area contributed by atoms with Crippen LogP contribution in [0.15, 0.2) is 97.3 Å². The molecule has 6 heteroatoms. The third-order valence-corrected chi connectivity index (χ3v) is 7.42. The number of carbonyl (C=O) groups is 1. The van der Waals surface area contributed by atoms with E-state index in [9.17, 15) is 4.79 Å². The summed E-state index contributed by atoms with van der Waals surface area (Å²) in [6.45, 7) is 7.64. The maximum Gasteiger partial charge on any atom is 0.342 e. The van der Waals surface area contributed by atoms with Crippen LogP contribution >= 0.6 is 0 Å². The SMILES string of the molecule is CC(C)(C)OC(=O)c1ccc(-c2ccc(C3CCCN3Cc3ccccc3)cc2)cc1Oc1cnc2[nH]ccc2c1. The van der Waals surface area contributed by atoms with E-state index in [1.165, 1.54) is 17.5 Å². The van der Waals surface area contributed by atoms with E-state index in [1.807, 2.05) is 51.2 Å². The van der Waals surface area contributed by atoms with E-state index < -0.39 is 11.6 Å². The van der Waals surface area contributed by atoms with Gasteiger partial charge in [-0.05, 0) is 86.7 Å². The van der Waals surface area contributed by atoms with E-state index in [-0.39, 0.29) is 0 Å². The quantitative estimate of drug-likeness (QED) is 0.208. The van der Waals surface area contributed by atoms with E-state index >= 15 is 0 Å². The molecule has 3 aromatic carbocycles. The molecular formula is C35H35N3O3. The second kappa shape index (κ2) is 11.2. The highest BCUT2D eigenvalue weighted by Gasteiger charge is 2.26. The Kier molecular flexibility index (Phi) is 7.33. The molecule has 1 fully saturated rings. The molecule has 208 valence electrons. The van der Waals surface area contributed by atoms with Gasteiger partial charge in [-0.1, -0.05) is 60.7 Å². The van der Waals surface area contributed by atoms with E-state index in [4.69, 9.17) is 9.47 Å². The van der Waals surface area contributed by atoms with Gasteiger partial charge in [0.05, 0.1) is 6.20 Å². The highest BCUT2D eigenvalue weighted by atomic mass is 16.6. The average molecular weight is 546 g/mol. The van der Waals surface area contributed by atoms with E-state index in [2.05, 4.69) is 69.5 Å². The number of carbonyl (C=O) groups excluding carboxylic acids is 1. The summed E-state index contributed by atoms with van der Waals surface area (Å²) in [6.07, 6.45) is 5.86. The number of aromatic amines is 1. The number of benzene rings is 3. The fourth-order valence-corrected chi connectivity index (χ4v) is 5.50. The van der Waals surface area contributed by atoms with Crippen LogP contribution in [-0.2, 0) is 11.3 Å². The molecule has 1 saturated heterocycles. The number of hydrogen-bond donors (Lipinski definition) is 1. The highest BCUT2D eigenvalue weighted by molar-refractivity contribution is 5.94. The van der Waals surface area contributed by atoms with Gasteiger partial charge in [-0.2, -0.15) is 0 Å². The lowest BCUT2D eigenvalue weighted by Crippen LogP contribution is -2.24. The molecule has 41 heavy (non-hydrogen) atoms. The number of H-pyrrole nitrogens is 1. The minimum Gasteiger partial charge on any atom is -0.456 e. The molecule has 0 radical (unpaired) electrons. The lowest BCUT2D eigenvalue weighted by atomic mass is 9.98. The second-order valence-corrected chi connectivity index (χ2v) is 11.6. The summed E-state index contributed by atoms with van der Waals surface area (Å²) < 4.78 is 12.0. The average Bonchev–Trinajstić information content (AvgIpc) is 3.62. The van der Waals surface area contributed by atoms with E-state index in [0.717, 1.165) is 41.7 Å². The number of ether oxygens (including phenoxy) is 2. The molecular weight excluding hydrogens is 510 g/mol. The minimum atomic E-state index is -0.622. The van der Waals surface area contributed by atoms with Gasteiger partial charge in [0.1, 0.15) is 28.3 Å². The molecule has 0 spiro atoms. The van der Waals surface area contributed by atoms with Crippen molar-refractivity contribution in [1.29, 1.82) is 0 Å². The molecule has 0 saturated carbocycles. The smallest absolute Gasteiger partial charge is 0.342 e. The van der Waals surface area contributed by atoms with Gasteiger partial charge in [-0.15, -0.1) is 0 Å². The van der Waals surface area contributed by atoms with Crippen LogP contribution < -0.4 is 4.74 Å². The predicted octanol–water partition coefficient (Wildman–Crippen LogP) is 8.31. The number of aromatic nitrogens is 2. The summed E-state index contributed by atoms with van der Waals surface area (Å²) in [4.78, 5) is 23.2. The zero-order chi connectivity index (χ0) is 28.4. The first kappa shape index (κ1) is 26.8. The zero-order valence-corrected chi connectivity index (χ0v) is 23.8. The van der Waals surface area contributed by atoms with Gasteiger partial charge in [0.25, 0.3) is 0 Å². The Morgan fingerprint density at radius 3 is 2.54 bits per heavy atom. The van der Waals surface area contributed by atoms with Gasteiger partial charge in [0, 0.05) is 24.2 Å². The number of likely N-dealkylation sites (tertiary alicyclic amines) is 1. The second-order valence-electron chi connectivity index (χ2n) is 11.6. The molecule has 1 atom stereocenters. The molecule has 0 amide bonds. The summed E-state index contributed by atoms with van der Waals surface area (Å²) in [6, 6.07) is 29.4. The van der Waals surface area contributed by atoms with E-state index in [1.54, 1.807) is 12.3 Å². The van der Waals surface area contributed by atoms with Crippen LogP contribution in [0.25, 0.3) is 22.2 Å². The third-order valence-electron chi connectivity index (χ3n) is 7.42. The number of hydrogen-bond acceptors (Lipinski definition) is 5. The van der Waals surface area contributed by atoms with Crippen molar-refractivity contribution in [2.45, 2.75) is 51.8 Å². The van der Waals surface area contributed by atoms with Crippen LogP contribution in [0.4, 0.5) is 0 Å². The van der Waals surface area contributed by atoms with Gasteiger partial charge in [0.2, 0.25) is 0 Å². The zero-order valence-electron chi connectivity index (χ0n) is 23.8. The standard InChI is InChI=1S/C35H35N3O3/c1-35(2,3)41-34(39)30-16-15-27(21-32(30)40-29-20-28-17-18-36-33(28)37-22-29)25-11-13-26(14-12-25)31-10-7-19-38(31)23-24-8-5-4-6-9-24/h4-6,8-9,11-18,20-22,31H,7,10,19,23H2,1-3H3,(H,36,37). The van der Waals surface area contributed by atoms with Gasteiger partial charge < -0.3 is 14.5 Å². The van der Waals surface area contributed by atoms with Gasteiger partial charge in [-0.3, -0.25) is 4.90 Å². The first-order chi connectivity index (χ1) is 19.8. The van der Waals surface area contributed by atoms with Gasteiger partial charge >= 0.3 is 5.97 Å². The maximum absolute atomic E-state index is 13.1. The molecule has 5 aromatic rings. The Morgan fingerprint density at radius 2 is 1.76 bits per heavy atom. The lowest BCUT2D eigenvalue weighted by Gasteiger charge is -2.25. The minimum absolute atomic E-state index is 0.372. The van der Waals surface area contributed by atoms with Crippen molar-refractivity contribution < 1.29 is 14.3 Å². The van der Waals surface area contributed by atoms with Crippen molar-refractivity contribution in [2.75, 3.05) is 6.54 Å². The lowest BCUT2D eigenvalue weighted by molar-refractivity contribution is 0.00672. The topological polar surface area (TPSA) is 67.4 Å². The van der Waals surface area contributed by atoms with Crippen LogP contribution in [0.2, 0.25) is 0 Å². The molecule has 0 aliphatic carbocycles. The maximum atomic E-state index is 13.1. The number of esters is 1. The number of nitrogens with zero attached hydrogens (tertiary/aromatic N) is 2. The van der Waals surface area contributed by atoms with Crippen molar-refractivity contribution in [2.24, 2.45) is 0 Å². The summed E-state index contributed by atoms with van der Waals surface area (Å²) in [5.74, 6) is 0.557. The van der Waals surface area contributed by atoms with Crippen LogP contribution in [0, 0.1) is 0 Å². The molecule has 1 N–H and O–H groups in total. The van der Waals surface area contributed by atoms with Crippen LogP contribution in [0.5, 0.6) is 11.5 Å². The normalized spacial score (nSPS) is 15.7. The first-order valence-corrected chi connectivity index (χ1v) is 14.2. The molecule has 6 rings (SSSR count). The van der Waals surface area contributed by atoms with Gasteiger partial charge in [0.15, 0.2) is 0 Å². The van der Waals surface area contributed by atoms with Crippen molar-refractivity contribution in [3.8, 4) is 22.6 Å². The Bertz CT molecular complexity index is 1650. The summed E-state index contributed by atoms with van der Waals surface area (Å²) in [5.41, 5.74) is 5.22. The van der Waals surface area contributed by atoms with Crippen molar-refractivity contribution in [3.05, 3.63) is 114 Å². The molecule has 3 heterocycles. The third kappa shape index (κ3) is 6.18. The number of fused-ring (bicyclic) bond motifs is 1. The van der Waals surface area contributed by atoms with Crippen LogP contribution in [0.1, 0.15) is 61.1 Å². The molecule has 1 aliphatic rings. The monoisotopic (exact) mass is 545 g/mol. The fraction of sp³-hybridized carbons (Fsp3) is 0.257. The number of pyridine rings is 1. The number of nitrogens with one attached hydrogen (secondary N) is 1. The Morgan fingerprint density at radius 1 is 0.976 bits per heavy atom. The van der Waals surface area contributed by atoms with Crippen LogP contribution in [0.3, 0.4) is 0 Å². The molecule has 6 nitrogen and oxygen atoms in total. The summed E-state index contributed by atoms with van der Waals surface area (Å²) >= 11 is 0. The first-order valence-electron chi connectivity index (χ1n) is 14.2. The molecule has 1 unspecified atom stereocenters. The van der Waals surface area contributed by atoms with Crippen LogP contribution in [-0.4, -0.2) is 33.0 Å². The van der Waals surface area contributed by atoms with Gasteiger partial charge in [-0.25, -0.2) is 9.78 Å². The predicted molar refractivity (Wildman–Crippen MR) is 162 cm³/mol. The van der Waals surface area contributed by atoms with E-state index in [0.29, 0.717) is 23.1 Å². The number of rotatable bonds is 7. The fourth-order valence-electron chi connectivity index (χ4n) is 5.50. The molecule has 1 aliphatic heterocycles. The van der Waals surface area contributed by atoms with Crippen molar-refractivity contribution >= 4 is 17.0 Å². The molecule has 2 aromatic heterocycles. The Hall–Kier alpha value is -4.42. The Balaban J connectivity index is 1.27. The summed E-state index contributed by atoms with van der Waals surface area (Å²) in [5, 5.41) is 0.932. The van der Waals surface area contributed by atoms with Crippen molar-refractivity contribution in [1.82, 2.24) is 14.9 Å². The van der Waals surface area contributed by atoms with Crippen molar-refractivity contribution in [3.63, 3.8) is 0 Å².